The number of thiophene rings is 1. The van der Waals surface area contributed by atoms with Gasteiger partial charge in [-0.05, 0) is 24.8 Å². The van der Waals surface area contributed by atoms with E-state index >= 15 is 0 Å². The molecule has 0 aliphatic carbocycles. The maximum Gasteiger partial charge on any atom is 0.295 e. The molecule has 2 aliphatic heterocycles. The second kappa shape index (κ2) is 10.4. The van der Waals surface area contributed by atoms with Crippen molar-refractivity contribution in [2.24, 2.45) is 0 Å². The lowest BCUT2D eigenvalue weighted by Gasteiger charge is -2.28. The Bertz CT molecular complexity index is 1230. The minimum absolute atomic E-state index is 0.122. The highest BCUT2D eigenvalue weighted by Gasteiger charge is 2.46. The Morgan fingerprint density at radius 2 is 1.89 bits per heavy atom. The molecule has 4 heterocycles. The zero-order chi connectivity index (χ0) is 24.4. The van der Waals surface area contributed by atoms with Crippen molar-refractivity contribution in [3.05, 3.63) is 68.9 Å². The van der Waals surface area contributed by atoms with Gasteiger partial charge in [0.2, 0.25) is 0 Å². The molecule has 9 heteroatoms. The molecule has 2 aliphatic rings. The zero-order valence-corrected chi connectivity index (χ0v) is 21.1. The molecule has 2 saturated heterocycles. The van der Waals surface area contributed by atoms with E-state index < -0.39 is 17.7 Å². The number of hydrogen-bond donors (Lipinski definition) is 1. The molecule has 1 N–H and O–H groups in total. The summed E-state index contributed by atoms with van der Waals surface area (Å²) in [4.78, 5) is 36.6. The highest BCUT2D eigenvalue weighted by Crippen LogP contribution is 2.42. The number of aryl methyl sites for hydroxylation is 1. The van der Waals surface area contributed by atoms with Gasteiger partial charge in [0.15, 0.2) is 5.76 Å². The van der Waals surface area contributed by atoms with Crippen LogP contribution in [0.3, 0.4) is 0 Å². The van der Waals surface area contributed by atoms with Gasteiger partial charge in [-0.15, -0.1) is 22.7 Å². The van der Waals surface area contributed by atoms with E-state index in [0.29, 0.717) is 12.2 Å². The smallest absolute Gasteiger partial charge is 0.295 e. The largest absolute Gasteiger partial charge is 0.505 e. The van der Waals surface area contributed by atoms with Crippen molar-refractivity contribution in [3.63, 3.8) is 0 Å². The standard InChI is InChI=1S/C26H27N3O4S2/c1-17-21(27-25(35-17)18-7-3-2-4-8-18)23(30)20-22(19-9-5-16-34-19)29(26(32)24(20)31)11-6-10-28-12-14-33-15-13-28/h2-5,7-9,16,22,30H,6,10-15H2,1H3/t22-/m1/s1. The topological polar surface area (TPSA) is 83.0 Å². The summed E-state index contributed by atoms with van der Waals surface area (Å²) in [5, 5.41) is 14.1. The molecule has 7 nitrogen and oxygen atoms in total. The van der Waals surface area contributed by atoms with Gasteiger partial charge in [0.25, 0.3) is 11.7 Å². The van der Waals surface area contributed by atoms with Crippen LogP contribution in [0.1, 0.15) is 27.9 Å². The van der Waals surface area contributed by atoms with Crippen molar-refractivity contribution in [2.45, 2.75) is 19.4 Å². The second-order valence-corrected chi connectivity index (χ2v) is 10.8. The molecule has 2 aromatic heterocycles. The van der Waals surface area contributed by atoms with Crippen LogP contribution in [-0.2, 0) is 14.3 Å². The first-order chi connectivity index (χ1) is 17.0. The second-order valence-electron chi connectivity index (χ2n) is 8.61. The Morgan fingerprint density at radius 3 is 2.60 bits per heavy atom. The average molecular weight is 510 g/mol. The van der Waals surface area contributed by atoms with E-state index in [1.54, 1.807) is 4.90 Å². The van der Waals surface area contributed by atoms with Gasteiger partial charge in [0, 0.05) is 41.5 Å². The third-order valence-corrected chi connectivity index (χ3v) is 8.32. The van der Waals surface area contributed by atoms with Gasteiger partial charge in [0.1, 0.15) is 10.7 Å². The molecule has 0 spiro atoms. The molecule has 5 rings (SSSR count). The maximum absolute atomic E-state index is 13.2. The molecule has 0 bridgehead atoms. The predicted octanol–water partition coefficient (Wildman–Crippen LogP) is 4.32. The number of amides is 1. The molecule has 1 aromatic carbocycles. The summed E-state index contributed by atoms with van der Waals surface area (Å²) in [7, 11) is 0. The number of thiazole rings is 1. The molecule has 0 radical (unpaired) electrons. The third-order valence-electron chi connectivity index (χ3n) is 6.37. The lowest BCUT2D eigenvalue weighted by molar-refractivity contribution is -0.140. The van der Waals surface area contributed by atoms with Crippen molar-refractivity contribution >= 4 is 40.1 Å². The van der Waals surface area contributed by atoms with Crippen LogP contribution >= 0.6 is 22.7 Å². The van der Waals surface area contributed by atoms with Crippen LogP contribution in [0.25, 0.3) is 16.3 Å². The Morgan fingerprint density at radius 1 is 1.11 bits per heavy atom. The van der Waals surface area contributed by atoms with Crippen LogP contribution in [0.15, 0.2) is 53.4 Å². The van der Waals surface area contributed by atoms with E-state index in [0.717, 1.165) is 59.6 Å². The molecule has 35 heavy (non-hydrogen) atoms. The van der Waals surface area contributed by atoms with E-state index in [2.05, 4.69) is 9.88 Å². The summed E-state index contributed by atoms with van der Waals surface area (Å²) in [6.45, 7) is 6.33. The predicted molar refractivity (Wildman–Crippen MR) is 137 cm³/mol. The summed E-state index contributed by atoms with van der Waals surface area (Å²) in [5.41, 5.74) is 1.43. The first-order valence-corrected chi connectivity index (χ1v) is 13.4. The number of aliphatic hydroxyl groups is 1. The van der Waals surface area contributed by atoms with E-state index in [4.69, 9.17) is 4.74 Å². The van der Waals surface area contributed by atoms with Crippen LogP contribution in [-0.4, -0.2) is 71.0 Å². The normalized spacial score (nSPS) is 20.6. The molecular formula is C26H27N3O4S2. The molecule has 0 saturated carbocycles. The minimum Gasteiger partial charge on any atom is -0.505 e. The number of ether oxygens (including phenoxy) is 1. The number of nitrogens with zero attached hydrogens (tertiary/aromatic N) is 3. The number of aromatic nitrogens is 1. The van der Waals surface area contributed by atoms with Crippen molar-refractivity contribution in [2.75, 3.05) is 39.4 Å². The Kier molecular flexibility index (Phi) is 7.10. The van der Waals surface area contributed by atoms with E-state index in [9.17, 15) is 14.7 Å². The van der Waals surface area contributed by atoms with Gasteiger partial charge in [-0.1, -0.05) is 36.4 Å². The number of likely N-dealkylation sites (tertiary alicyclic amines) is 1. The van der Waals surface area contributed by atoms with Crippen LogP contribution < -0.4 is 0 Å². The van der Waals surface area contributed by atoms with Gasteiger partial charge in [0.05, 0.1) is 24.8 Å². The number of benzene rings is 1. The summed E-state index contributed by atoms with van der Waals surface area (Å²) >= 11 is 2.93. The molecule has 3 aromatic rings. The van der Waals surface area contributed by atoms with Gasteiger partial charge in [-0.25, -0.2) is 4.98 Å². The molecular weight excluding hydrogens is 482 g/mol. The number of morpholine rings is 1. The average Bonchev–Trinajstić information content (AvgIpc) is 3.60. The van der Waals surface area contributed by atoms with Crippen LogP contribution in [0.2, 0.25) is 0 Å². The van der Waals surface area contributed by atoms with E-state index in [1.165, 1.54) is 22.7 Å². The first-order valence-electron chi connectivity index (χ1n) is 11.7. The lowest BCUT2D eigenvalue weighted by atomic mass is 10.0. The monoisotopic (exact) mass is 509 g/mol. The summed E-state index contributed by atoms with van der Waals surface area (Å²) in [5.74, 6) is -1.42. The summed E-state index contributed by atoms with van der Waals surface area (Å²) in [6, 6.07) is 12.9. The molecule has 0 unspecified atom stereocenters. The van der Waals surface area contributed by atoms with Crippen LogP contribution in [0.5, 0.6) is 0 Å². The number of carbonyl (C=O) groups excluding carboxylic acids is 2. The van der Waals surface area contributed by atoms with Crippen LogP contribution in [0.4, 0.5) is 0 Å². The van der Waals surface area contributed by atoms with Crippen LogP contribution in [0, 0.1) is 6.92 Å². The summed E-state index contributed by atoms with van der Waals surface area (Å²) < 4.78 is 5.41. The number of ketones is 1. The molecule has 1 amide bonds. The SMILES string of the molecule is Cc1sc(-c2ccccc2)nc1C(O)=C1C(=O)C(=O)N(CCCN2CCOCC2)[C@@H]1c1cccs1. The number of carbonyl (C=O) groups is 2. The van der Waals surface area contributed by atoms with E-state index in [1.807, 2.05) is 54.8 Å². The zero-order valence-electron chi connectivity index (χ0n) is 19.5. The van der Waals surface area contributed by atoms with Crippen molar-refractivity contribution in [1.29, 1.82) is 0 Å². The van der Waals surface area contributed by atoms with E-state index in [-0.39, 0.29) is 11.3 Å². The Balaban J connectivity index is 1.47. The quantitative estimate of drug-likeness (QED) is 0.290. The number of Topliss-reactive ketones (excluding diaryl/α,β-unsaturated/α-hetero) is 1. The highest BCUT2D eigenvalue weighted by molar-refractivity contribution is 7.15. The minimum atomic E-state index is -0.652. The van der Waals surface area contributed by atoms with Crippen molar-refractivity contribution < 1.29 is 19.4 Å². The fraction of sp³-hybridized carbons (Fsp3) is 0.346. The van der Waals surface area contributed by atoms with Gasteiger partial charge >= 0.3 is 0 Å². The fourth-order valence-electron chi connectivity index (χ4n) is 4.59. The number of aliphatic hydroxyl groups excluding tert-OH is 1. The fourth-order valence-corrected chi connectivity index (χ4v) is 6.36. The van der Waals surface area contributed by atoms with Crippen molar-refractivity contribution in [1.82, 2.24) is 14.8 Å². The highest BCUT2D eigenvalue weighted by atomic mass is 32.1. The number of hydrogen-bond acceptors (Lipinski definition) is 8. The Labute approximate surface area is 212 Å². The maximum atomic E-state index is 13.2. The first kappa shape index (κ1) is 23.9. The number of rotatable bonds is 7. The molecule has 2 fully saturated rings. The molecule has 182 valence electrons. The van der Waals surface area contributed by atoms with Gasteiger partial charge in [-0.3, -0.25) is 14.5 Å². The Hall–Kier alpha value is -2.85. The molecule has 1 atom stereocenters. The van der Waals surface area contributed by atoms with Crippen molar-refractivity contribution in [3.8, 4) is 10.6 Å². The van der Waals surface area contributed by atoms with Gasteiger partial charge in [-0.2, -0.15) is 0 Å². The summed E-state index contributed by atoms with van der Waals surface area (Å²) in [6.07, 6.45) is 0.739. The lowest BCUT2D eigenvalue weighted by Crippen LogP contribution is -2.38. The van der Waals surface area contributed by atoms with Gasteiger partial charge < -0.3 is 14.7 Å². The third kappa shape index (κ3) is 4.81.